The van der Waals surface area contributed by atoms with E-state index in [-0.39, 0.29) is 5.91 Å². The van der Waals surface area contributed by atoms with Gasteiger partial charge in [-0.25, -0.2) is 10.9 Å². The molecule has 3 N–H and O–H groups in total. The van der Waals surface area contributed by atoms with Crippen molar-refractivity contribution >= 4 is 52.2 Å². The number of halogens is 2. The molecule has 5 nitrogen and oxygen atoms in total. The van der Waals surface area contributed by atoms with Crippen molar-refractivity contribution in [1.82, 2.24) is 10.4 Å². The minimum atomic E-state index is -0.179. The lowest BCUT2D eigenvalue weighted by Gasteiger charge is -2.32. The van der Waals surface area contributed by atoms with Crippen LogP contribution in [-0.4, -0.2) is 24.0 Å². The van der Waals surface area contributed by atoms with Crippen molar-refractivity contribution in [1.29, 1.82) is 0 Å². The summed E-state index contributed by atoms with van der Waals surface area (Å²) in [5.41, 5.74) is 7.91. The summed E-state index contributed by atoms with van der Waals surface area (Å²) in [5.74, 6) is 6.52. The second-order valence-electron chi connectivity index (χ2n) is 8.69. The van der Waals surface area contributed by atoms with Crippen LogP contribution in [0.25, 0.3) is 6.08 Å². The zero-order valence-electron chi connectivity index (χ0n) is 19.2. The topological polar surface area (TPSA) is 61.6 Å². The molecule has 1 fully saturated rings. The minimum Gasteiger partial charge on any atom is -0.285 e. The average molecular weight is 518 g/mol. The zero-order chi connectivity index (χ0) is 24.1. The summed E-state index contributed by atoms with van der Waals surface area (Å²) in [4.78, 5) is 13.3. The van der Waals surface area contributed by atoms with Gasteiger partial charge >= 0.3 is 0 Å². The molecule has 1 aliphatic heterocycles. The van der Waals surface area contributed by atoms with Crippen molar-refractivity contribution in [2.24, 2.45) is 5.84 Å². The number of benzene rings is 1. The molecule has 34 heavy (non-hydrogen) atoms. The molecule has 180 valence electrons. The quantitative estimate of drug-likeness (QED) is 0.254. The van der Waals surface area contributed by atoms with Crippen LogP contribution in [0, 0.1) is 0 Å². The molecule has 0 atom stereocenters. The fourth-order valence-electron chi connectivity index (χ4n) is 4.51. The van der Waals surface area contributed by atoms with E-state index in [1.807, 2.05) is 10.4 Å². The maximum atomic E-state index is 13.3. The lowest BCUT2D eigenvalue weighted by molar-refractivity contribution is -0.121. The van der Waals surface area contributed by atoms with Gasteiger partial charge in [0.1, 0.15) is 0 Å². The number of hydrogen-bond acceptors (Lipinski definition) is 5. The Morgan fingerprint density at radius 2 is 1.88 bits per heavy atom. The molecule has 1 aromatic heterocycles. The maximum absolute atomic E-state index is 13.3. The van der Waals surface area contributed by atoms with Crippen LogP contribution in [0.2, 0.25) is 10.0 Å². The van der Waals surface area contributed by atoms with Gasteiger partial charge in [-0.15, -0.1) is 0 Å². The molecule has 1 aromatic carbocycles. The number of rotatable bonds is 6. The third-order valence-corrected chi connectivity index (χ3v) is 7.50. The van der Waals surface area contributed by atoms with Gasteiger partial charge in [0.15, 0.2) is 0 Å². The highest BCUT2D eigenvalue weighted by Crippen LogP contribution is 2.39. The Hall–Kier alpha value is -2.09. The van der Waals surface area contributed by atoms with Gasteiger partial charge in [0.05, 0.1) is 16.4 Å². The highest BCUT2D eigenvalue weighted by molar-refractivity contribution is 7.08. The predicted molar refractivity (Wildman–Crippen MR) is 144 cm³/mol. The van der Waals surface area contributed by atoms with Crippen molar-refractivity contribution < 1.29 is 4.79 Å². The first-order chi connectivity index (χ1) is 16.4. The van der Waals surface area contributed by atoms with Gasteiger partial charge in [0.25, 0.3) is 5.91 Å². The van der Waals surface area contributed by atoms with Crippen molar-refractivity contribution in [2.45, 2.75) is 44.9 Å². The zero-order valence-corrected chi connectivity index (χ0v) is 21.5. The predicted octanol–water partition coefficient (Wildman–Crippen LogP) is 6.72. The lowest BCUT2D eigenvalue weighted by Crippen LogP contribution is -2.44. The van der Waals surface area contributed by atoms with Crippen LogP contribution in [0.15, 0.2) is 64.0 Å². The molecule has 0 bridgehead atoms. The standard InChI is InChI=1S/C26H30Cl2N4OS/c1-18(26(33)30-31-12-4-2-3-5-13-31)22-8-6-7-20(15-19-11-14-34-17-19)25(22)32(29)24-10-9-21(27)16-23(24)28/h9-11,14-17H,1-8,12-13,29H2,(H,30,33)/b20-15+. The first-order valence-corrected chi connectivity index (χ1v) is 13.4. The summed E-state index contributed by atoms with van der Waals surface area (Å²) in [6.07, 6.45) is 9.16. The summed E-state index contributed by atoms with van der Waals surface area (Å²) in [5, 5.41) is 8.72. The molecule has 0 unspecified atom stereocenters. The van der Waals surface area contributed by atoms with E-state index < -0.39 is 0 Å². The van der Waals surface area contributed by atoms with Crippen molar-refractivity contribution in [2.75, 3.05) is 18.1 Å². The summed E-state index contributed by atoms with van der Waals surface area (Å²) >= 11 is 14.3. The Morgan fingerprint density at radius 3 is 2.56 bits per heavy atom. The van der Waals surface area contributed by atoms with E-state index in [0.29, 0.717) is 27.7 Å². The maximum Gasteiger partial charge on any atom is 0.265 e. The van der Waals surface area contributed by atoms with E-state index in [1.54, 1.807) is 34.5 Å². The molecule has 2 heterocycles. The molecule has 1 aliphatic carbocycles. The number of nitrogens with zero attached hydrogens (tertiary/aromatic N) is 2. The largest absolute Gasteiger partial charge is 0.285 e. The van der Waals surface area contributed by atoms with Gasteiger partial charge in [-0.3, -0.25) is 15.2 Å². The van der Waals surface area contributed by atoms with Crippen LogP contribution in [0.3, 0.4) is 0 Å². The van der Waals surface area contributed by atoms with Crippen LogP contribution < -0.4 is 16.3 Å². The Morgan fingerprint density at radius 1 is 1.12 bits per heavy atom. The second kappa shape index (κ2) is 11.6. The number of carbonyl (C=O) groups excluding carboxylic acids is 1. The van der Waals surface area contributed by atoms with Crippen molar-refractivity contribution in [3.63, 3.8) is 0 Å². The van der Waals surface area contributed by atoms with Gasteiger partial charge in [0.2, 0.25) is 0 Å². The van der Waals surface area contributed by atoms with Gasteiger partial charge < -0.3 is 0 Å². The number of anilines is 1. The third-order valence-electron chi connectivity index (χ3n) is 6.26. The first-order valence-electron chi connectivity index (χ1n) is 11.7. The number of allylic oxidation sites excluding steroid dienone is 1. The SMILES string of the molecule is C=C(C(=O)NN1CCCCCC1)C1=C(N(N)c2ccc(Cl)cc2Cl)/C(=C/c2ccsc2)CCC1. The van der Waals surface area contributed by atoms with E-state index in [2.05, 4.69) is 29.5 Å². The van der Waals surface area contributed by atoms with Crippen molar-refractivity contribution in [3.8, 4) is 0 Å². The summed E-state index contributed by atoms with van der Waals surface area (Å²) < 4.78 is 0. The average Bonchev–Trinajstić information content (AvgIpc) is 3.20. The molecule has 4 rings (SSSR count). The Bertz CT molecular complexity index is 1100. The van der Waals surface area contributed by atoms with Crippen molar-refractivity contribution in [3.05, 3.63) is 79.6 Å². The van der Waals surface area contributed by atoms with Crippen LogP contribution in [0.4, 0.5) is 5.69 Å². The highest BCUT2D eigenvalue weighted by Gasteiger charge is 2.28. The van der Waals surface area contributed by atoms with E-state index in [9.17, 15) is 4.79 Å². The van der Waals surface area contributed by atoms with Crippen LogP contribution in [0.5, 0.6) is 0 Å². The highest BCUT2D eigenvalue weighted by atomic mass is 35.5. The lowest BCUT2D eigenvalue weighted by atomic mass is 9.86. The molecule has 0 spiro atoms. The summed E-state index contributed by atoms with van der Waals surface area (Å²) in [6, 6.07) is 7.30. The number of nitrogens with one attached hydrogen (secondary N) is 1. The second-order valence-corrected chi connectivity index (χ2v) is 10.3. The monoisotopic (exact) mass is 516 g/mol. The minimum absolute atomic E-state index is 0.179. The Balaban J connectivity index is 1.71. The van der Waals surface area contributed by atoms with E-state index in [0.717, 1.165) is 61.2 Å². The fourth-order valence-corrected chi connectivity index (χ4v) is 5.62. The smallest absolute Gasteiger partial charge is 0.265 e. The van der Waals surface area contributed by atoms with Crippen LogP contribution in [0.1, 0.15) is 50.5 Å². The number of thiophene rings is 1. The van der Waals surface area contributed by atoms with Crippen LogP contribution in [-0.2, 0) is 4.79 Å². The molecule has 1 saturated heterocycles. The Labute approximate surface area is 215 Å². The van der Waals surface area contributed by atoms with Gasteiger partial charge in [0, 0.05) is 23.7 Å². The summed E-state index contributed by atoms with van der Waals surface area (Å²) in [6.45, 7) is 5.92. The molecular formula is C26H30Cl2N4OS. The first kappa shape index (κ1) is 25.0. The fraction of sp³-hybridized carbons (Fsp3) is 0.346. The number of hydrogen-bond donors (Lipinski definition) is 2. The number of amides is 1. The van der Waals surface area contributed by atoms with E-state index in [4.69, 9.17) is 29.0 Å². The normalized spacial score (nSPS) is 18.6. The summed E-state index contributed by atoms with van der Waals surface area (Å²) in [7, 11) is 0. The molecule has 2 aliphatic rings. The third kappa shape index (κ3) is 5.93. The number of carbonyl (C=O) groups is 1. The molecule has 0 radical (unpaired) electrons. The Kier molecular flexibility index (Phi) is 8.51. The van der Waals surface area contributed by atoms with Gasteiger partial charge in [-0.2, -0.15) is 11.3 Å². The van der Waals surface area contributed by atoms with E-state index >= 15 is 0 Å². The van der Waals surface area contributed by atoms with Gasteiger partial charge in [-0.05, 0) is 89.9 Å². The van der Waals surface area contributed by atoms with E-state index in [1.165, 1.54) is 12.8 Å². The number of hydrazine groups is 2. The molecule has 1 amide bonds. The molecule has 0 saturated carbocycles. The molecule has 8 heteroatoms. The van der Waals surface area contributed by atoms with Crippen LogP contribution >= 0.6 is 34.5 Å². The molecular weight excluding hydrogens is 487 g/mol. The number of nitrogens with two attached hydrogens (primary N) is 1. The van der Waals surface area contributed by atoms with Gasteiger partial charge in [-0.1, -0.05) is 42.6 Å². The molecule has 2 aromatic rings.